The van der Waals surface area contributed by atoms with E-state index in [2.05, 4.69) is 0 Å². The minimum Gasteiger partial charge on any atom is -0.486 e. The molecule has 1 heterocycles. The lowest BCUT2D eigenvalue weighted by atomic mass is 9.92. The monoisotopic (exact) mass is 382 g/mol. The highest BCUT2D eigenvalue weighted by molar-refractivity contribution is 6.09. The first-order valence-corrected chi connectivity index (χ1v) is 8.82. The zero-order valence-corrected chi connectivity index (χ0v) is 15.6. The van der Waals surface area contributed by atoms with Gasteiger partial charge >= 0.3 is 0 Å². The summed E-state index contributed by atoms with van der Waals surface area (Å²) in [7, 11) is 0. The molecule has 1 aromatic heterocycles. The van der Waals surface area contributed by atoms with Gasteiger partial charge in [0, 0.05) is 10.9 Å². The third-order valence-corrected chi connectivity index (χ3v) is 4.73. The van der Waals surface area contributed by atoms with Gasteiger partial charge in [-0.05, 0) is 31.5 Å². The number of carbonyl (C=O) groups is 2. The van der Waals surface area contributed by atoms with Gasteiger partial charge in [0.1, 0.15) is 23.2 Å². The molecule has 0 saturated carbocycles. The molecule has 0 spiro atoms. The molecule has 146 valence electrons. The zero-order valence-electron chi connectivity index (χ0n) is 15.6. The molecule has 5 N–H and O–H groups in total. The van der Waals surface area contributed by atoms with Crippen LogP contribution in [0.5, 0.6) is 5.75 Å². The second-order valence-corrected chi connectivity index (χ2v) is 6.56. The first kappa shape index (κ1) is 19.4. The quantitative estimate of drug-likeness (QED) is 0.578. The number of rotatable bonds is 7. The third-order valence-electron chi connectivity index (χ3n) is 4.73. The summed E-state index contributed by atoms with van der Waals surface area (Å²) in [6.07, 6.45) is -0.352. The van der Waals surface area contributed by atoms with Crippen molar-refractivity contribution < 1.29 is 23.8 Å². The van der Waals surface area contributed by atoms with Crippen LogP contribution in [0, 0.1) is 6.92 Å². The Hall–Kier alpha value is -3.32. The van der Waals surface area contributed by atoms with Gasteiger partial charge in [-0.2, -0.15) is 0 Å². The van der Waals surface area contributed by atoms with Gasteiger partial charge in [-0.15, -0.1) is 0 Å². The maximum Gasteiger partial charge on any atom is 0.252 e. The fourth-order valence-corrected chi connectivity index (χ4v) is 3.37. The van der Waals surface area contributed by atoms with Gasteiger partial charge in [0.2, 0.25) is 5.91 Å². The number of benzene rings is 2. The van der Waals surface area contributed by atoms with E-state index in [4.69, 9.17) is 20.6 Å². The van der Waals surface area contributed by atoms with Crippen LogP contribution in [0.25, 0.3) is 11.0 Å². The zero-order chi connectivity index (χ0) is 20.4. The van der Waals surface area contributed by atoms with Crippen LogP contribution in [0.3, 0.4) is 0 Å². The van der Waals surface area contributed by atoms with E-state index < -0.39 is 24.3 Å². The highest BCUT2D eigenvalue weighted by Gasteiger charge is 2.30. The second-order valence-electron chi connectivity index (χ2n) is 6.56. The maximum absolute atomic E-state index is 12.0. The van der Waals surface area contributed by atoms with Crippen LogP contribution < -0.4 is 16.2 Å². The minimum absolute atomic E-state index is 0.141. The Bertz CT molecular complexity index is 1030. The number of ether oxygens (including phenoxy) is 1. The van der Waals surface area contributed by atoms with Crippen molar-refractivity contribution in [1.29, 1.82) is 0 Å². The molecule has 7 nitrogen and oxygen atoms in total. The van der Waals surface area contributed by atoms with E-state index in [1.165, 1.54) is 0 Å². The largest absolute Gasteiger partial charge is 0.486 e. The predicted molar refractivity (Wildman–Crippen MR) is 104 cm³/mol. The number of aliphatic hydroxyl groups excluding tert-OH is 1. The van der Waals surface area contributed by atoms with Gasteiger partial charge in [0.25, 0.3) is 5.91 Å². The topological polar surface area (TPSA) is 129 Å². The number of carbonyl (C=O) groups excluding carboxylic acids is 2. The molecule has 0 bridgehead atoms. The SMILES string of the molecule is Cc1oc2ccc(OC(C)c3ccccc3)c([C@@H](CO)C(N)=O)c2c1C(N)=O. The molecule has 7 heteroatoms. The first-order valence-electron chi connectivity index (χ1n) is 8.82. The van der Waals surface area contributed by atoms with Crippen LogP contribution in [-0.2, 0) is 4.79 Å². The first-order chi connectivity index (χ1) is 13.3. The number of hydrogen-bond donors (Lipinski definition) is 3. The number of nitrogens with two attached hydrogens (primary N) is 2. The van der Waals surface area contributed by atoms with Crippen LogP contribution in [0.15, 0.2) is 46.9 Å². The molecule has 1 unspecified atom stereocenters. The molecule has 0 aliphatic rings. The van der Waals surface area contributed by atoms with Crippen LogP contribution >= 0.6 is 0 Å². The molecule has 2 atom stereocenters. The van der Waals surface area contributed by atoms with E-state index >= 15 is 0 Å². The smallest absolute Gasteiger partial charge is 0.252 e. The lowest BCUT2D eigenvalue weighted by Crippen LogP contribution is -2.25. The van der Waals surface area contributed by atoms with Gasteiger partial charge < -0.3 is 25.7 Å². The van der Waals surface area contributed by atoms with E-state index in [-0.39, 0.29) is 11.7 Å². The molecule has 0 aliphatic heterocycles. The van der Waals surface area contributed by atoms with Crippen LogP contribution in [-0.4, -0.2) is 23.5 Å². The van der Waals surface area contributed by atoms with Crippen molar-refractivity contribution >= 4 is 22.8 Å². The van der Waals surface area contributed by atoms with Crippen LogP contribution in [0.1, 0.15) is 46.2 Å². The summed E-state index contributed by atoms with van der Waals surface area (Å²) in [6.45, 7) is 2.92. The second kappa shape index (κ2) is 7.74. The van der Waals surface area contributed by atoms with Gasteiger partial charge in [-0.3, -0.25) is 9.59 Å². The van der Waals surface area contributed by atoms with Crippen molar-refractivity contribution in [2.24, 2.45) is 11.5 Å². The van der Waals surface area contributed by atoms with Crippen molar-refractivity contribution in [3.63, 3.8) is 0 Å². The van der Waals surface area contributed by atoms with E-state index in [1.54, 1.807) is 19.1 Å². The lowest BCUT2D eigenvalue weighted by molar-refractivity contribution is -0.120. The Morgan fingerprint density at radius 3 is 2.39 bits per heavy atom. The van der Waals surface area contributed by atoms with Crippen molar-refractivity contribution in [2.75, 3.05) is 6.61 Å². The van der Waals surface area contributed by atoms with Crippen molar-refractivity contribution in [1.82, 2.24) is 0 Å². The average molecular weight is 382 g/mol. The lowest BCUT2D eigenvalue weighted by Gasteiger charge is -2.21. The van der Waals surface area contributed by atoms with E-state index in [0.29, 0.717) is 28.0 Å². The average Bonchev–Trinajstić information content (AvgIpc) is 3.00. The Balaban J connectivity index is 2.23. The summed E-state index contributed by atoms with van der Waals surface area (Å²) in [4.78, 5) is 24.1. The molecule has 0 fully saturated rings. The van der Waals surface area contributed by atoms with Crippen LogP contribution in [0.2, 0.25) is 0 Å². The third kappa shape index (κ3) is 3.44. The number of aliphatic hydroxyl groups is 1. The Kier molecular flexibility index (Phi) is 5.37. The summed E-state index contributed by atoms with van der Waals surface area (Å²) in [6, 6.07) is 12.8. The summed E-state index contributed by atoms with van der Waals surface area (Å²) in [5.41, 5.74) is 12.8. The summed E-state index contributed by atoms with van der Waals surface area (Å²) in [5, 5.41) is 10.2. The van der Waals surface area contributed by atoms with Crippen molar-refractivity contribution in [3.05, 3.63) is 64.9 Å². The van der Waals surface area contributed by atoms with E-state index in [0.717, 1.165) is 5.56 Å². The fraction of sp³-hybridized carbons (Fsp3) is 0.238. The number of fused-ring (bicyclic) bond motifs is 1. The maximum atomic E-state index is 12.0. The van der Waals surface area contributed by atoms with Crippen molar-refractivity contribution in [3.8, 4) is 5.75 Å². The predicted octanol–water partition coefficient (Wildman–Crippen LogP) is 2.54. The Morgan fingerprint density at radius 1 is 1.14 bits per heavy atom. The molecule has 3 aromatic rings. The van der Waals surface area contributed by atoms with Gasteiger partial charge in [-0.25, -0.2) is 0 Å². The molecular formula is C21H22N2O5. The van der Waals surface area contributed by atoms with E-state index in [9.17, 15) is 14.7 Å². The normalized spacial score (nSPS) is 13.2. The molecule has 0 saturated heterocycles. The van der Waals surface area contributed by atoms with Gasteiger partial charge in [0.15, 0.2) is 0 Å². The Labute approximate surface area is 161 Å². The van der Waals surface area contributed by atoms with Gasteiger partial charge in [-0.1, -0.05) is 30.3 Å². The van der Waals surface area contributed by atoms with Crippen LogP contribution in [0.4, 0.5) is 0 Å². The molecule has 28 heavy (non-hydrogen) atoms. The fourth-order valence-electron chi connectivity index (χ4n) is 3.37. The van der Waals surface area contributed by atoms with Gasteiger partial charge in [0.05, 0.1) is 18.1 Å². The Morgan fingerprint density at radius 2 is 1.82 bits per heavy atom. The standard InChI is InChI=1S/C21H22N2O5/c1-11(13-6-4-3-5-7-13)27-15-8-9-16-19(17(21(23)26)12(2)28-16)18(15)14(10-24)20(22)25/h3-9,11,14,24H,10H2,1-2H3,(H2,22,25)(H2,23,26)/t11?,14-/m1/s1. The molecule has 0 radical (unpaired) electrons. The summed E-state index contributed by atoms with van der Waals surface area (Å²) in [5.74, 6) is -1.90. The molecule has 0 aliphatic carbocycles. The van der Waals surface area contributed by atoms with Crippen molar-refractivity contribution in [2.45, 2.75) is 25.9 Å². The molecule has 2 amide bonds. The van der Waals surface area contributed by atoms with E-state index in [1.807, 2.05) is 37.3 Å². The number of furan rings is 1. The minimum atomic E-state index is -1.09. The number of primary amides is 2. The highest BCUT2D eigenvalue weighted by Crippen LogP contribution is 2.40. The number of aryl methyl sites for hydroxylation is 1. The summed E-state index contributed by atoms with van der Waals surface area (Å²) >= 11 is 0. The highest BCUT2D eigenvalue weighted by atomic mass is 16.5. The molecule has 2 aromatic carbocycles. The molecule has 3 rings (SSSR count). The summed E-state index contributed by atoms with van der Waals surface area (Å²) < 4.78 is 11.7. The number of amides is 2. The number of hydrogen-bond acceptors (Lipinski definition) is 5. The molecular weight excluding hydrogens is 360 g/mol.